The monoisotopic (exact) mass is 380 g/mol. The number of amides is 1. The van der Waals surface area contributed by atoms with Gasteiger partial charge < -0.3 is 19.6 Å². The molecule has 2 N–H and O–H groups in total. The first-order valence-electron chi connectivity index (χ1n) is 8.19. The number of methoxy groups -OCH3 is 1. The molecule has 26 heavy (non-hydrogen) atoms. The number of hydrogen-bond donors (Lipinski definition) is 2. The molecule has 0 radical (unpaired) electrons. The number of phenolic OH excluding ortho intramolecular Hbond substituents is 1. The van der Waals surface area contributed by atoms with Crippen LogP contribution in [0.25, 0.3) is 10.9 Å². The summed E-state index contributed by atoms with van der Waals surface area (Å²) in [5.74, 6) is -0.481. The van der Waals surface area contributed by atoms with E-state index < -0.39 is 17.7 Å². The number of nitrogens with zero attached hydrogens (tertiary/aromatic N) is 1. The topological polar surface area (TPSA) is 91.9 Å². The summed E-state index contributed by atoms with van der Waals surface area (Å²) < 4.78 is 10.2. The van der Waals surface area contributed by atoms with Crippen LogP contribution in [-0.2, 0) is 9.47 Å². The minimum Gasteiger partial charge on any atom is -0.506 e. The molecule has 1 aliphatic heterocycles. The van der Waals surface area contributed by atoms with Gasteiger partial charge in [-0.1, -0.05) is 0 Å². The highest BCUT2D eigenvalue weighted by atomic mass is 35.5. The first-order chi connectivity index (χ1) is 12.2. The molecule has 0 spiro atoms. The van der Waals surface area contributed by atoms with E-state index in [9.17, 15) is 14.7 Å². The Balaban J connectivity index is 2.14. The highest BCUT2D eigenvalue weighted by molar-refractivity contribution is 6.19. The number of halogens is 1. The first-order valence-corrected chi connectivity index (χ1v) is 8.73. The van der Waals surface area contributed by atoms with Crippen molar-refractivity contribution in [2.45, 2.75) is 32.3 Å². The lowest BCUT2D eigenvalue weighted by Crippen LogP contribution is -2.36. The minimum atomic E-state index is -0.644. The fraction of sp³-hybridized carbons (Fsp3) is 0.444. The number of alkyl halides is 1. The fourth-order valence-corrected chi connectivity index (χ4v) is 3.44. The molecule has 0 saturated carbocycles. The second kappa shape index (κ2) is 6.39. The van der Waals surface area contributed by atoms with Crippen LogP contribution >= 0.6 is 11.6 Å². The van der Waals surface area contributed by atoms with Gasteiger partial charge in [0.2, 0.25) is 0 Å². The third-order valence-electron chi connectivity index (χ3n) is 4.22. The number of rotatable bonds is 2. The molecule has 3 rings (SSSR count). The van der Waals surface area contributed by atoms with Crippen molar-refractivity contribution in [3.8, 4) is 5.75 Å². The molecule has 1 aromatic carbocycles. The summed E-state index contributed by atoms with van der Waals surface area (Å²) in [5, 5.41) is 11.0. The predicted molar refractivity (Wildman–Crippen MR) is 98.3 cm³/mol. The third-order valence-corrected chi connectivity index (χ3v) is 4.59. The van der Waals surface area contributed by atoms with E-state index in [1.165, 1.54) is 18.1 Å². The molecule has 2 heterocycles. The van der Waals surface area contributed by atoms with Gasteiger partial charge in [-0.3, -0.25) is 4.90 Å². The summed E-state index contributed by atoms with van der Waals surface area (Å²) in [6.07, 6.45) is -0.506. The van der Waals surface area contributed by atoms with Gasteiger partial charge >= 0.3 is 12.1 Å². The zero-order valence-electron chi connectivity index (χ0n) is 15.1. The fourth-order valence-electron chi connectivity index (χ4n) is 3.18. The Labute approximate surface area is 155 Å². The molecule has 2 aromatic rings. The van der Waals surface area contributed by atoms with Crippen molar-refractivity contribution < 1.29 is 24.2 Å². The van der Waals surface area contributed by atoms with Gasteiger partial charge in [-0.2, -0.15) is 0 Å². The van der Waals surface area contributed by atoms with Crippen molar-refractivity contribution in [2.75, 3.05) is 24.4 Å². The molecule has 0 fully saturated rings. The van der Waals surface area contributed by atoms with Gasteiger partial charge in [-0.15, -0.1) is 11.6 Å². The maximum Gasteiger partial charge on any atom is 0.414 e. The SMILES string of the molecule is COC(=O)c1cc2c3c(cc(O)c2[nH]1)N(C(=O)OC(C)(C)C)C[C@H]3CCl. The number of hydrogen-bond acceptors (Lipinski definition) is 5. The highest BCUT2D eigenvalue weighted by Gasteiger charge is 2.37. The van der Waals surface area contributed by atoms with Crippen LogP contribution in [0.1, 0.15) is 42.7 Å². The number of H-pyrrole nitrogens is 1. The average molecular weight is 381 g/mol. The molecular weight excluding hydrogens is 360 g/mol. The molecule has 1 atom stereocenters. The Hall–Kier alpha value is -2.41. The zero-order chi connectivity index (χ0) is 19.2. The average Bonchev–Trinajstić information content (AvgIpc) is 3.14. The molecule has 1 aliphatic rings. The van der Waals surface area contributed by atoms with Gasteiger partial charge in [-0.25, -0.2) is 9.59 Å². The number of ether oxygens (including phenoxy) is 2. The van der Waals surface area contributed by atoms with Crippen LogP contribution < -0.4 is 4.90 Å². The Morgan fingerprint density at radius 2 is 2.08 bits per heavy atom. The van der Waals surface area contributed by atoms with E-state index >= 15 is 0 Å². The Bertz CT molecular complexity index is 884. The second-order valence-electron chi connectivity index (χ2n) is 7.23. The van der Waals surface area contributed by atoms with Crippen molar-refractivity contribution in [2.24, 2.45) is 0 Å². The Morgan fingerprint density at radius 1 is 1.38 bits per heavy atom. The summed E-state index contributed by atoms with van der Waals surface area (Å²) in [6.45, 7) is 5.70. The molecule has 1 amide bonds. The van der Waals surface area contributed by atoms with Crippen molar-refractivity contribution in [1.29, 1.82) is 0 Å². The number of aromatic nitrogens is 1. The number of carbonyl (C=O) groups excluding carboxylic acids is 2. The number of aromatic hydroxyl groups is 1. The zero-order valence-corrected chi connectivity index (χ0v) is 15.8. The predicted octanol–water partition coefficient (Wildman–Crippen LogP) is 3.74. The van der Waals surface area contributed by atoms with Crippen LogP contribution in [0.5, 0.6) is 5.75 Å². The van der Waals surface area contributed by atoms with E-state index in [1.54, 1.807) is 26.8 Å². The molecule has 140 valence electrons. The smallest absolute Gasteiger partial charge is 0.414 e. The van der Waals surface area contributed by atoms with Crippen LogP contribution in [0.3, 0.4) is 0 Å². The molecular formula is C18H21ClN2O5. The number of carbonyl (C=O) groups is 2. The van der Waals surface area contributed by atoms with E-state index in [0.29, 0.717) is 23.1 Å². The summed E-state index contributed by atoms with van der Waals surface area (Å²) in [5.41, 5.74) is 1.31. The van der Waals surface area contributed by atoms with E-state index in [4.69, 9.17) is 21.1 Å². The number of aromatic amines is 1. The summed E-state index contributed by atoms with van der Waals surface area (Å²) in [7, 11) is 1.28. The summed E-state index contributed by atoms with van der Waals surface area (Å²) in [4.78, 5) is 28.8. The first kappa shape index (κ1) is 18.4. The number of anilines is 1. The molecule has 0 unspecified atom stereocenters. The Morgan fingerprint density at radius 3 is 2.65 bits per heavy atom. The number of esters is 1. The second-order valence-corrected chi connectivity index (χ2v) is 7.54. The molecule has 8 heteroatoms. The van der Waals surface area contributed by atoms with Crippen molar-refractivity contribution in [1.82, 2.24) is 4.98 Å². The molecule has 7 nitrogen and oxygen atoms in total. The van der Waals surface area contributed by atoms with Gasteiger partial charge in [0.25, 0.3) is 0 Å². The van der Waals surface area contributed by atoms with Gasteiger partial charge in [0.05, 0.1) is 18.3 Å². The number of fused-ring (bicyclic) bond motifs is 3. The maximum atomic E-state index is 12.6. The van der Waals surface area contributed by atoms with Crippen LogP contribution in [-0.4, -0.2) is 47.3 Å². The summed E-state index contributed by atoms with van der Waals surface area (Å²) >= 11 is 6.13. The lowest BCUT2D eigenvalue weighted by Gasteiger charge is -2.25. The van der Waals surface area contributed by atoms with Crippen molar-refractivity contribution >= 4 is 40.3 Å². The van der Waals surface area contributed by atoms with Gasteiger partial charge in [0, 0.05) is 29.8 Å². The maximum absolute atomic E-state index is 12.6. The van der Waals surface area contributed by atoms with Crippen LogP contribution in [0, 0.1) is 0 Å². The van der Waals surface area contributed by atoms with Crippen LogP contribution in [0.2, 0.25) is 0 Å². The van der Waals surface area contributed by atoms with Gasteiger partial charge in [0.15, 0.2) is 0 Å². The van der Waals surface area contributed by atoms with E-state index in [-0.39, 0.29) is 23.2 Å². The Kier molecular flexibility index (Phi) is 4.52. The molecule has 0 saturated heterocycles. The van der Waals surface area contributed by atoms with Crippen LogP contribution in [0.15, 0.2) is 12.1 Å². The van der Waals surface area contributed by atoms with Crippen molar-refractivity contribution in [3.63, 3.8) is 0 Å². The minimum absolute atomic E-state index is 0.0716. The third kappa shape index (κ3) is 3.07. The largest absolute Gasteiger partial charge is 0.506 e. The van der Waals surface area contributed by atoms with Gasteiger partial charge in [0.1, 0.15) is 17.0 Å². The highest BCUT2D eigenvalue weighted by Crippen LogP contribution is 2.45. The van der Waals surface area contributed by atoms with Gasteiger partial charge in [-0.05, 0) is 32.4 Å². The molecule has 1 aromatic heterocycles. The number of benzene rings is 1. The lowest BCUT2D eigenvalue weighted by atomic mass is 9.98. The van der Waals surface area contributed by atoms with E-state index in [2.05, 4.69) is 4.98 Å². The normalized spacial score (nSPS) is 16.7. The van der Waals surface area contributed by atoms with Crippen molar-refractivity contribution in [3.05, 3.63) is 23.4 Å². The number of phenols is 1. The van der Waals surface area contributed by atoms with E-state index in [1.807, 2.05) is 0 Å². The van der Waals surface area contributed by atoms with E-state index in [0.717, 1.165) is 5.56 Å². The number of nitrogens with one attached hydrogen (secondary N) is 1. The van der Waals surface area contributed by atoms with Crippen LogP contribution in [0.4, 0.5) is 10.5 Å². The molecule has 0 bridgehead atoms. The summed E-state index contributed by atoms with van der Waals surface area (Å²) in [6, 6.07) is 3.10. The molecule has 0 aliphatic carbocycles. The lowest BCUT2D eigenvalue weighted by molar-refractivity contribution is 0.0577. The standard InChI is InChI=1S/C18H21ClN2O5/c1-18(2,3)26-17(24)21-8-9(7-19)14-10-5-11(16(23)25-4)20-15(10)13(22)6-12(14)21/h5-6,9,20,22H,7-8H2,1-4H3/t9-/m1/s1. The quantitative estimate of drug-likeness (QED) is 0.611.